The molecule has 3 rings (SSSR count). The predicted octanol–water partition coefficient (Wildman–Crippen LogP) is 4.24. The number of nitrogens with one attached hydrogen (secondary N) is 1. The van der Waals surface area contributed by atoms with Gasteiger partial charge in [0.1, 0.15) is 5.82 Å². The van der Waals surface area contributed by atoms with Crippen molar-refractivity contribution in [3.63, 3.8) is 0 Å². The molecule has 2 aromatic rings. The lowest BCUT2D eigenvalue weighted by molar-refractivity contribution is 0.599. The summed E-state index contributed by atoms with van der Waals surface area (Å²) in [4.78, 5) is 7.56. The average Bonchev–Trinajstić information content (AvgIpc) is 3.07. The summed E-state index contributed by atoms with van der Waals surface area (Å²) >= 11 is 0. The molecule has 0 aliphatic heterocycles. The van der Waals surface area contributed by atoms with Crippen molar-refractivity contribution >= 4 is 5.57 Å². The molecule has 21 heavy (non-hydrogen) atoms. The highest BCUT2D eigenvalue weighted by Gasteiger charge is 2.14. The van der Waals surface area contributed by atoms with Crippen LogP contribution in [0.4, 0.5) is 0 Å². The van der Waals surface area contributed by atoms with Crippen LogP contribution in [0.2, 0.25) is 0 Å². The van der Waals surface area contributed by atoms with E-state index in [0.29, 0.717) is 0 Å². The minimum atomic E-state index is 0.723. The van der Waals surface area contributed by atoms with E-state index in [0.717, 1.165) is 17.8 Å². The van der Waals surface area contributed by atoms with Gasteiger partial charge < -0.3 is 4.98 Å². The van der Waals surface area contributed by atoms with Gasteiger partial charge in [-0.05, 0) is 49.0 Å². The van der Waals surface area contributed by atoms with E-state index in [4.69, 9.17) is 5.26 Å². The number of allylic oxidation sites excluding steroid dienone is 2. The van der Waals surface area contributed by atoms with Gasteiger partial charge in [-0.25, -0.2) is 4.98 Å². The SMILES string of the molecule is N#Cc1cccc(C(Cc2ncc[nH]2)=C2CCCCC2)c1. The molecule has 1 saturated carbocycles. The molecule has 1 heterocycles. The van der Waals surface area contributed by atoms with Crippen molar-refractivity contribution in [2.75, 3.05) is 0 Å². The molecule has 3 nitrogen and oxygen atoms in total. The first-order valence-corrected chi connectivity index (χ1v) is 7.56. The summed E-state index contributed by atoms with van der Waals surface area (Å²) in [6, 6.07) is 10.2. The van der Waals surface area contributed by atoms with Crippen LogP contribution < -0.4 is 0 Å². The third kappa shape index (κ3) is 3.22. The topological polar surface area (TPSA) is 52.5 Å². The normalized spacial score (nSPS) is 14.7. The Bertz CT molecular complexity index is 667. The Morgan fingerprint density at radius 1 is 1.24 bits per heavy atom. The van der Waals surface area contributed by atoms with E-state index in [1.54, 1.807) is 6.20 Å². The minimum Gasteiger partial charge on any atom is -0.348 e. The number of benzene rings is 1. The maximum absolute atomic E-state index is 9.13. The number of hydrogen-bond donors (Lipinski definition) is 1. The number of aromatic amines is 1. The van der Waals surface area contributed by atoms with E-state index in [1.807, 2.05) is 24.4 Å². The lowest BCUT2D eigenvalue weighted by atomic mass is 9.86. The Labute approximate surface area is 125 Å². The van der Waals surface area contributed by atoms with E-state index < -0.39 is 0 Å². The summed E-state index contributed by atoms with van der Waals surface area (Å²) in [5.74, 6) is 0.991. The van der Waals surface area contributed by atoms with Crippen LogP contribution in [-0.2, 0) is 6.42 Å². The first-order valence-electron chi connectivity index (χ1n) is 7.56. The molecule has 0 radical (unpaired) electrons. The molecule has 0 spiro atoms. The average molecular weight is 277 g/mol. The summed E-state index contributed by atoms with van der Waals surface area (Å²) in [7, 11) is 0. The van der Waals surface area contributed by atoms with Crippen LogP contribution in [0.15, 0.2) is 42.2 Å². The van der Waals surface area contributed by atoms with Crippen molar-refractivity contribution < 1.29 is 0 Å². The predicted molar refractivity (Wildman–Crippen MR) is 83.5 cm³/mol. The zero-order valence-electron chi connectivity index (χ0n) is 12.1. The molecule has 1 N–H and O–H groups in total. The second-order valence-corrected chi connectivity index (χ2v) is 5.55. The number of rotatable bonds is 3. The molecule has 0 saturated heterocycles. The van der Waals surface area contributed by atoms with Crippen LogP contribution in [0.1, 0.15) is 49.1 Å². The van der Waals surface area contributed by atoms with E-state index in [2.05, 4.69) is 22.1 Å². The molecule has 0 bridgehead atoms. The van der Waals surface area contributed by atoms with Crippen LogP contribution in [0.5, 0.6) is 0 Å². The van der Waals surface area contributed by atoms with Gasteiger partial charge in [0.05, 0.1) is 11.6 Å². The molecule has 1 aliphatic rings. The number of H-pyrrole nitrogens is 1. The fourth-order valence-corrected chi connectivity index (χ4v) is 3.05. The highest BCUT2D eigenvalue weighted by atomic mass is 14.9. The van der Waals surface area contributed by atoms with Gasteiger partial charge in [-0.2, -0.15) is 5.26 Å². The van der Waals surface area contributed by atoms with Crippen LogP contribution in [0.25, 0.3) is 5.57 Å². The number of hydrogen-bond acceptors (Lipinski definition) is 2. The molecule has 0 amide bonds. The lowest BCUT2D eigenvalue weighted by Gasteiger charge is -2.19. The Morgan fingerprint density at radius 3 is 2.81 bits per heavy atom. The van der Waals surface area contributed by atoms with Crippen molar-refractivity contribution in [3.05, 3.63) is 59.2 Å². The largest absolute Gasteiger partial charge is 0.348 e. The third-order valence-corrected chi connectivity index (χ3v) is 4.12. The zero-order chi connectivity index (χ0) is 14.5. The highest BCUT2D eigenvalue weighted by Crippen LogP contribution is 2.32. The molecule has 1 aromatic heterocycles. The van der Waals surface area contributed by atoms with Gasteiger partial charge in [0.25, 0.3) is 0 Å². The summed E-state index contributed by atoms with van der Waals surface area (Å²) in [5, 5.41) is 9.13. The quantitative estimate of drug-likeness (QED) is 0.912. The summed E-state index contributed by atoms with van der Waals surface area (Å²) in [5.41, 5.74) is 4.78. The number of imidazole rings is 1. The van der Waals surface area contributed by atoms with Gasteiger partial charge in [0, 0.05) is 18.8 Å². The smallest absolute Gasteiger partial charge is 0.110 e. The Morgan fingerprint density at radius 2 is 2.10 bits per heavy atom. The van der Waals surface area contributed by atoms with Gasteiger partial charge in [-0.3, -0.25) is 0 Å². The first kappa shape index (κ1) is 13.6. The minimum absolute atomic E-state index is 0.723. The van der Waals surface area contributed by atoms with Crippen molar-refractivity contribution in [2.24, 2.45) is 0 Å². The van der Waals surface area contributed by atoms with Gasteiger partial charge in [0.15, 0.2) is 0 Å². The van der Waals surface area contributed by atoms with Gasteiger partial charge in [-0.1, -0.05) is 24.1 Å². The maximum atomic E-state index is 9.13. The highest BCUT2D eigenvalue weighted by molar-refractivity contribution is 5.71. The van der Waals surface area contributed by atoms with E-state index in [-0.39, 0.29) is 0 Å². The fourth-order valence-electron chi connectivity index (χ4n) is 3.05. The number of nitriles is 1. The van der Waals surface area contributed by atoms with E-state index in [9.17, 15) is 0 Å². The number of nitrogens with zero attached hydrogens (tertiary/aromatic N) is 2. The summed E-state index contributed by atoms with van der Waals surface area (Å²) in [6.45, 7) is 0. The zero-order valence-corrected chi connectivity index (χ0v) is 12.1. The molecule has 0 atom stereocenters. The molecular weight excluding hydrogens is 258 g/mol. The van der Waals surface area contributed by atoms with Gasteiger partial charge in [0.2, 0.25) is 0 Å². The van der Waals surface area contributed by atoms with Crippen molar-refractivity contribution in [2.45, 2.75) is 38.5 Å². The molecule has 1 aliphatic carbocycles. The molecule has 3 heteroatoms. The molecule has 1 fully saturated rings. The van der Waals surface area contributed by atoms with Gasteiger partial charge >= 0.3 is 0 Å². The second kappa shape index (κ2) is 6.41. The lowest BCUT2D eigenvalue weighted by Crippen LogP contribution is -2.02. The molecule has 0 unspecified atom stereocenters. The standard InChI is InChI=1S/C18H19N3/c19-13-14-5-4-8-16(11-14)17(12-18-20-9-10-21-18)15-6-2-1-3-7-15/h4-5,8-11H,1-3,6-7,12H2,(H,20,21). The first-order chi connectivity index (χ1) is 10.4. The van der Waals surface area contributed by atoms with Crippen molar-refractivity contribution in [1.29, 1.82) is 5.26 Å². The van der Waals surface area contributed by atoms with Crippen LogP contribution >= 0.6 is 0 Å². The van der Waals surface area contributed by atoms with Gasteiger partial charge in [-0.15, -0.1) is 0 Å². The maximum Gasteiger partial charge on any atom is 0.110 e. The Kier molecular flexibility index (Phi) is 4.16. The molecule has 106 valence electrons. The fraction of sp³-hybridized carbons (Fsp3) is 0.333. The van der Waals surface area contributed by atoms with Crippen molar-refractivity contribution in [1.82, 2.24) is 9.97 Å². The van der Waals surface area contributed by atoms with Crippen LogP contribution in [0.3, 0.4) is 0 Å². The Hall–Kier alpha value is -2.34. The second-order valence-electron chi connectivity index (χ2n) is 5.55. The summed E-state index contributed by atoms with van der Waals surface area (Å²) < 4.78 is 0. The summed E-state index contributed by atoms with van der Waals surface area (Å²) in [6.07, 6.45) is 10.7. The Balaban J connectivity index is 2.00. The molecular formula is C18H19N3. The van der Waals surface area contributed by atoms with E-state index in [1.165, 1.54) is 48.8 Å². The third-order valence-electron chi connectivity index (χ3n) is 4.12. The number of aromatic nitrogens is 2. The molecule has 1 aromatic carbocycles. The van der Waals surface area contributed by atoms with E-state index >= 15 is 0 Å². The van der Waals surface area contributed by atoms with Crippen LogP contribution in [-0.4, -0.2) is 9.97 Å². The van der Waals surface area contributed by atoms with Crippen LogP contribution in [0, 0.1) is 11.3 Å². The van der Waals surface area contributed by atoms with Crippen molar-refractivity contribution in [3.8, 4) is 6.07 Å². The monoisotopic (exact) mass is 277 g/mol.